The van der Waals surface area contributed by atoms with E-state index in [1.807, 2.05) is 0 Å². The molecule has 0 spiro atoms. The van der Waals surface area contributed by atoms with Crippen LogP contribution in [0, 0.1) is 0 Å². The molecule has 0 bridgehead atoms. The van der Waals surface area contributed by atoms with Gasteiger partial charge in [-0.2, -0.15) is 0 Å². The summed E-state index contributed by atoms with van der Waals surface area (Å²) in [6.07, 6.45) is 0.707. The lowest BCUT2D eigenvalue weighted by atomic mass is 10.1. The van der Waals surface area contributed by atoms with Gasteiger partial charge < -0.3 is 20.3 Å². The second kappa shape index (κ2) is 7.23. The molecular weight excluding hydrogens is 302 g/mol. The summed E-state index contributed by atoms with van der Waals surface area (Å²) in [5.41, 5.74) is 0.0469. The molecule has 1 amide bonds. The monoisotopic (exact) mass is 317 g/mol. The fraction of sp³-hybridized carbons (Fsp3) is 0.417. The van der Waals surface area contributed by atoms with Crippen LogP contribution in [-0.2, 0) is 4.74 Å². The first kappa shape index (κ1) is 14.8. The molecule has 1 aromatic rings. The van der Waals surface area contributed by atoms with Crippen LogP contribution >= 0.6 is 15.9 Å². The van der Waals surface area contributed by atoms with Gasteiger partial charge in [-0.15, -0.1) is 0 Å². The number of rotatable bonds is 6. The van der Waals surface area contributed by atoms with E-state index >= 15 is 0 Å². The fourth-order valence-electron chi connectivity index (χ4n) is 1.50. The maximum atomic E-state index is 11.9. The highest BCUT2D eigenvalue weighted by Gasteiger charge is 2.16. The summed E-state index contributed by atoms with van der Waals surface area (Å²) in [6.45, 7) is 0.386. The molecule has 18 heavy (non-hydrogen) atoms. The molecule has 1 atom stereocenters. The molecule has 0 fully saturated rings. The van der Waals surface area contributed by atoms with E-state index in [2.05, 4.69) is 21.2 Å². The molecule has 1 rings (SSSR count). The topological polar surface area (TPSA) is 78.8 Å². The zero-order valence-corrected chi connectivity index (χ0v) is 11.6. The van der Waals surface area contributed by atoms with Crippen LogP contribution in [0.5, 0.6) is 11.5 Å². The lowest BCUT2D eigenvalue weighted by Gasteiger charge is -2.17. The van der Waals surface area contributed by atoms with Gasteiger partial charge in [0.1, 0.15) is 11.5 Å². The number of halogens is 1. The number of carbonyl (C=O) groups excluding carboxylic acids is 1. The van der Waals surface area contributed by atoms with E-state index in [9.17, 15) is 15.0 Å². The van der Waals surface area contributed by atoms with Gasteiger partial charge in [-0.25, -0.2) is 0 Å². The van der Waals surface area contributed by atoms with Crippen molar-refractivity contribution in [3.63, 3.8) is 0 Å². The maximum Gasteiger partial charge on any atom is 0.255 e. The Labute approximate surface area is 114 Å². The summed E-state index contributed by atoms with van der Waals surface area (Å²) in [7, 11) is 1.55. The summed E-state index contributed by atoms with van der Waals surface area (Å²) < 4.78 is 5.00. The van der Waals surface area contributed by atoms with Crippen molar-refractivity contribution < 1.29 is 19.7 Å². The highest BCUT2D eigenvalue weighted by Crippen LogP contribution is 2.22. The number of aromatic hydroxyl groups is 2. The average molecular weight is 318 g/mol. The van der Waals surface area contributed by atoms with Gasteiger partial charge in [-0.05, 0) is 24.6 Å². The number of ether oxygens (including phenoxy) is 1. The third kappa shape index (κ3) is 4.19. The number of amides is 1. The fourth-order valence-corrected chi connectivity index (χ4v) is 2.05. The van der Waals surface area contributed by atoms with Gasteiger partial charge in [0.25, 0.3) is 5.91 Å². The van der Waals surface area contributed by atoms with Gasteiger partial charge in [0.15, 0.2) is 0 Å². The first-order chi connectivity index (χ1) is 8.58. The Hall–Kier alpha value is -1.27. The maximum absolute atomic E-state index is 11.9. The normalized spacial score (nSPS) is 12.1. The Bertz CT molecular complexity index is 405. The molecule has 1 unspecified atom stereocenters. The summed E-state index contributed by atoms with van der Waals surface area (Å²) >= 11 is 3.30. The van der Waals surface area contributed by atoms with E-state index in [1.165, 1.54) is 18.2 Å². The van der Waals surface area contributed by atoms with Crippen LogP contribution in [0.4, 0.5) is 0 Å². The van der Waals surface area contributed by atoms with Crippen molar-refractivity contribution in [1.82, 2.24) is 5.32 Å². The molecule has 0 heterocycles. The van der Waals surface area contributed by atoms with Gasteiger partial charge in [-0.1, -0.05) is 15.9 Å². The van der Waals surface area contributed by atoms with Crippen molar-refractivity contribution in [1.29, 1.82) is 0 Å². The van der Waals surface area contributed by atoms with Crippen LogP contribution in [0.2, 0.25) is 0 Å². The van der Waals surface area contributed by atoms with Gasteiger partial charge >= 0.3 is 0 Å². The van der Waals surface area contributed by atoms with E-state index in [1.54, 1.807) is 7.11 Å². The van der Waals surface area contributed by atoms with Gasteiger partial charge in [0, 0.05) is 12.4 Å². The number of hydrogen-bond donors (Lipinski definition) is 3. The minimum absolute atomic E-state index is 0.0469. The van der Waals surface area contributed by atoms with Crippen molar-refractivity contribution in [2.24, 2.45) is 0 Å². The Morgan fingerprint density at radius 3 is 2.83 bits per heavy atom. The Morgan fingerprint density at radius 1 is 1.50 bits per heavy atom. The molecule has 0 saturated heterocycles. The van der Waals surface area contributed by atoms with Crippen LogP contribution in [0.25, 0.3) is 0 Å². The third-order valence-corrected chi connectivity index (χ3v) is 2.84. The Morgan fingerprint density at radius 2 is 2.22 bits per heavy atom. The number of phenols is 2. The largest absolute Gasteiger partial charge is 0.508 e. The number of hydrogen-bond acceptors (Lipinski definition) is 4. The summed E-state index contributed by atoms with van der Waals surface area (Å²) in [6, 6.07) is 3.67. The molecule has 3 N–H and O–H groups in total. The Kier molecular flexibility index (Phi) is 5.94. The van der Waals surface area contributed by atoms with E-state index in [-0.39, 0.29) is 23.1 Å². The standard InChI is InChI=1S/C12H16BrNO4/c1-18-7-8(4-5-13)14-12(17)10-6-9(15)2-3-11(10)16/h2-3,6,8,15-16H,4-5,7H2,1H3,(H,14,17). The number of alkyl halides is 1. The SMILES string of the molecule is COCC(CCBr)NC(=O)c1cc(O)ccc1O. The van der Waals surface area contributed by atoms with Crippen LogP contribution < -0.4 is 5.32 Å². The number of methoxy groups -OCH3 is 1. The lowest BCUT2D eigenvalue weighted by Crippen LogP contribution is -2.38. The van der Waals surface area contributed by atoms with Crippen molar-refractivity contribution >= 4 is 21.8 Å². The molecule has 0 saturated carbocycles. The van der Waals surface area contributed by atoms with Gasteiger partial charge in [0.05, 0.1) is 18.2 Å². The molecule has 0 aromatic heterocycles. The van der Waals surface area contributed by atoms with Crippen molar-refractivity contribution in [3.8, 4) is 11.5 Å². The minimum Gasteiger partial charge on any atom is -0.508 e. The second-order valence-corrected chi connectivity index (χ2v) is 4.60. The molecule has 0 aliphatic rings. The zero-order valence-electron chi connectivity index (χ0n) is 10.0. The molecule has 0 aliphatic heterocycles. The number of benzene rings is 1. The minimum atomic E-state index is -0.439. The van der Waals surface area contributed by atoms with Gasteiger partial charge in [0.2, 0.25) is 0 Å². The van der Waals surface area contributed by atoms with Crippen molar-refractivity contribution in [3.05, 3.63) is 23.8 Å². The van der Waals surface area contributed by atoms with Crippen LogP contribution in [0.3, 0.4) is 0 Å². The summed E-state index contributed by atoms with van der Waals surface area (Å²) in [5.74, 6) is -0.673. The highest BCUT2D eigenvalue weighted by molar-refractivity contribution is 9.09. The highest BCUT2D eigenvalue weighted by atomic mass is 79.9. The quantitative estimate of drug-likeness (QED) is 0.550. The molecule has 0 radical (unpaired) electrons. The first-order valence-electron chi connectivity index (χ1n) is 5.46. The molecule has 100 valence electrons. The van der Waals surface area contributed by atoms with Crippen molar-refractivity contribution in [2.75, 3.05) is 19.0 Å². The third-order valence-electron chi connectivity index (χ3n) is 2.39. The van der Waals surface area contributed by atoms with E-state index in [0.717, 1.165) is 5.33 Å². The van der Waals surface area contributed by atoms with Crippen LogP contribution in [0.1, 0.15) is 16.8 Å². The Balaban J connectivity index is 2.76. The number of nitrogens with one attached hydrogen (secondary N) is 1. The predicted molar refractivity (Wildman–Crippen MR) is 71.3 cm³/mol. The summed E-state index contributed by atoms with van der Waals surface area (Å²) in [5, 5.41) is 22.3. The van der Waals surface area contributed by atoms with Crippen molar-refractivity contribution in [2.45, 2.75) is 12.5 Å². The predicted octanol–water partition coefficient (Wildman–Crippen LogP) is 1.63. The average Bonchev–Trinajstić information content (AvgIpc) is 2.33. The second-order valence-electron chi connectivity index (χ2n) is 3.80. The van der Waals surface area contributed by atoms with E-state index < -0.39 is 5.91 Å². The van der Waals surface area contributed by atoms with Crippen LogP contribution in [0.15, 0.2) is 18.2 Å². The summed E-state index contributed by atoms with van der Waals surface area (Å²) in [4.78, 5) is 11.9. The zero-order chi connectivity index (χ0) is 13.5. The first-order valence-corrected chi connectivity index (χ1v) is 6.58. The molecule has 1 aromatic carbocycles. The number of phenolic OH excluding ortho intramolecular Hbond substituents is 2. The van der Waals surface area contributed by atoms with E-state index in [0.29, 0.717) is 13.0 Å². The molecular formula is C12H16BrNO4. The lowest BCUT2D eigenvalue weighted by molar-refractivity contribution is 0.0892. The smallest absolute Gasteiger partial charge is 0.255 e. The number of carbonyl (C=O) groups is 1. The molecule has 6 heteroatoms. The molecule has 0 aliphatic carbocycles. The molecule has 5 nitrogen and oxygen atoms in total. The van der Waals surface area contributed by atoms with Crippen LogP contribution in [-0.4, -0.2) is 41.2 Å². The van der Waals surface area contributed by atoms with Gasteiger partial charge in [-0.3, -0.25) is 4.79 Å². The van der Waals surface area contributed by atoms with E-state index in [4.69, 9.17) is 4.74 Å².